The summed E-state index contributed by atoms with van der Waals surface area (Å²) < 4.78 is 14.0. The number of rotatable bonds is 2. The van der Waals surface area contributed by atoms with Gasteiger partial charge >= 0.3 is 0 Å². The van der Waals surface area contributed by atoms with Crippen molar-refractivity contribution in [2.24, 2.45) is 0 Å². The van der Waals surface area contributed by atoms with Crippen LogP contribution in [-0.2, 0) is 0 Å². The maximum absolute atomic E-state index is 13.4. The molecule has 0 spiro atoms. The lowest BCUT2D eigenvalue weighted by Gasteiger charge is -2.04. The molecule has 0 bridgehead atoms. The largest absolute Gasteiger partial charge is 0.375 e. The van der Waals surface area contributed by atoms with Crippen LogP contribution in [-0.4, -0.2) is 10.9 Å². The van der Waals surface area contributed by atoms with E-state index in [9.17, 15) is 9.18 Å². The van der Waals surface area contributed by atoms with Crippen molar-refractivity contribution in [1.82, 2.24) is 4.98 Å². The fourth-order valence-corrected chi connectivity index (χ4v) is 2.08. The van der Waals surface area contributed by atoms with E-state index in [4.69, 9.17) is 5.73 Å². The zero-order chi connectivity index (χ0) is 12.4. The Hall–Kier alpha value is -1.47. The van der Waals surface area contributed by atoms with Gasteiger partial charge in [0.05, 0.1) is 5.69 Å². The maximum atomic E-state index is 13.4. The van der Waals surface area contributed by atoms with Crippen molar-refractivity contribution in [3.05, 3.63) is 39.6 Å². The first kappa shape index (κ1) is 12.0. The molecule has 3 N–H and O–H groups in total. The zero-order valence-corrected chi connectivity index (χ0v) is 10.8. The second kappa shape index (κ2) is 4.80. The van der Waals surface area contributed by atoms with Crippen LogP contribution in [0.15, 0.2) is 28.1 Å². The first-order valence-corrected chi connectivity index (χ1v) is 6.21. The Morgan fingerprint density at radius 2 is 2.29 bits per heavy atom. The first-order chi connectivity index (χ1) is 8.06. The molecule has 1 amide bonds. The number of hydrogen-bond acceptors (Lipinski definition) is 4. The van der Waals surface area contributed by atoms with Gasteiger partial charge in [-0.3, -0.25) is 4.79 Å². The molecule has 2 rings (SSSR count). The van der Waals surface area contributed by atoms with E-state index in [-0.39, 0.29) is 11.4 Å². The van der Waals surface area contributed by atoms with Crippen molar-refractivity contribution >= 4 is 44.0 Å². The van der Waals surface area contributed by atoms with Gasteiger partial charge in [-0.1, -0.05) is 15.9 Å². The summed E-state index contributed by atoms with van der Waals surface area (Å²) in [5, 5.41) is 4.24. The van der Waals surface area contributed by atoms with Gasteiger partial charge in [-0.15, -0.1) is 11.3 Å². The van der Waals surface area contributed by atoms with E-state index in [0.29, 0.717) is 9.60 Å². The van der Waals surface area contributed by atoms with Crippen molar-refractivity contribution in [1.29, 1.82) is 0 Å². The number of hydrogen-bond donors (Lipinski definition) is 2. The van der Waals surface area contributed by atoms with Gasteiger partial charge in [-0.25, -0.2) is 9.37 Å². The fraction of sp³-hybridized carbons (Fsp3) is 0. The SMILES string of the molecule is Nc1nc(C(=O)Nc2cc(Br)ccc2F)cs1. The summed E-state index contributed by atoms with van der Waals surface area (Å²) in [6.45, 7) is 0. The Kier molecular flexibility index (Phi) is 3.39. The molecule has 1 aromatic heterocycles. The number of benzene rings is 1. The fourth-order valence-electron chi connectivity index (χ4n) is 1.17. The average molecular weight is 316 g/mol. The molecule has 0 unspecified atom stereocenters. The second-order valence-electron chi connectivity index (χ2n) is 3.15. The number of nitrogen functional groups attached to an aromatic ring is 1. The summed E-state index contributed by atoms with van der Waals surface area (Å²) in [4.78, 5) is 15.5. The molecule has 0 aliphatic heterocycles. The van der Waals surface area contributed by atoms with E-state index in [1.807, 2.05) is 0 Å². The van der Waals surface area contributed by atoms with Crippen molar-refractivity contribution in [2.45, 2.75) is 0 Å². The highest BCUT2D eigenvalue weighted by Gasteiger charge is 2.12. The molecule has 0 atom stereocenters. The van der Waals surface area contributed by atoms with E-state index in [2.05, 4.69) is 26.2 Å². The number of halogens is 2. The van der Waals surface area contributed by atoms with Crippen LogP contribution in [0.5, 0.6) is 0 Å². The van der Waals surface area contributed by atoms with Gasteiger partial charge in [0.1, 0.15) is 11.5 Å². The van der Waals surface area contributed by atoms with Crippen LogP contribution in [0, 0.1) is 5.82 Å². The third-order valence-electron chi connectivity index (χ3n) is 1.93. The van der Waals surface area contributed by atoms with Gasteiger partial charge < -0.3 is 11.1 Å². The smallest absolute Gasteiger partial charge is 0.275 e. The molecule has 1 aromatic carbocycles. The molecule has 0 saturated carbocycles. The summed E-state index contributed by atoms with van der Waals surface area (Å²) in [5.74, 6) is -1.00. The quantitative estimate of drug-likeness (QED) is 0.895. The van der Waals surface area contributed by atoms with Crippen LogP contribution in [0.1, 0.15) is 10.5 Å². The third-order valence-corrected chi connectivity index (χ3v) is 3.10. The van der Waals surface area contributed by atoms with Gasteiger partial charge in [-0.05, 0) is 18.2 Å². The number of amides is 1. The van der Waals surface area contributed by atoms with Gasteiger partial charge in [0.2, 0.25) is 0 Å². The molecule has 0 fully saturated rings. The molecule has 0 aliphatic rings. The normalized spacial score (nSPS) is 10.2. The average Bonchev–Trinajstić information content (AvgIpc) is 2.70. The summed E-state index contributed by atoms with van der Waals surface area (Å²) in [6, 6.07) is 4.28. The van der Waals surface area contributed by atoms with E-state index in [0.717, 1.165) is 11.3 Å². The van der Waals surface area contributed by atoms with Crippen molar-refractivity contribution in [2.75, 3.05) is 11.1 Å². The van der Waals surface area contributed by atoms with E-state index >= 15 is 0 Å². The number of nitrogens with two attached hydrogens (primary N) is 1. The van der Waals surface area contributed by atoms with Crippen molar-refractivity contribution in [3.8, 4) is 0 Å². The lowest BCUT2D eigenvalue weighted by atomic mass is 10.3. The number of nitrogens with one attached hydrogen (secondary N) is 1. The predicted molar refractivity (Wildman–Crippen MR) is 68.6 cm³/mol. The van der Waals surface area contributed by atoms with Crippen LogP contribution in [0.2, 0.25) is 0 Å². The van der Waals surface area contributed by atoms with Gasteiger partial charge in [0.25, 0.3) is 5.91 Å². The molecule has 88 valence electrons. The Labute approximate surface area is 109 Å². The first-order valence-electron chi connectivity index (χ1n) is 4.53. The molecular formula is C10H7BrFN3OS. The van der Waals surface area contributed by atoms with Crippen LogP contribution in [0.3, 0.4) is 0 Å². The highest BCUT2D eigenvalue weighted by atomic mass is 79.9. The molecule has 1 heterocycles. The minimum atomic E-state index is -0.509. The number of carbonyl (C=O) groups is 1. The van der Waals surface area contributed by atoms with E-state index in [1.54, 1.807) is 6.07 Å². The molecule has 0 radical (unpaired) electrons. The Bertz CT molecular complexity index is 572. The molecule has 4 nitrogen and oxygen atoms in total. The summed E-state index contributed by atoms with van der Waals surface area (Å²) in [6.07, 6.45) is 0. The summed E-state index contributed by atoms with van der Waals surface area (Å²) in [7, 11) is 0. The minimum absolute atomic E-state index is 0.0935. The number of nitrogens with zero attached hydrogens (tertiary/aromatic N) is 1. The van der Waals surface area contributed by atoms with Crippen LogP contribution >= 0.6 is 27.3 Å². The molecule has 17 heavy (non-hydrogen) atoms. The van der Waals surface area contributed by atoms with Crippen molar-refractivity contribution < 1.29 is 9.18 Å². The Balaban J connectivity index is 2.21. The summed E-state index contributed by atoms with van der Waals surface area (Å²) in [5.41, 5.74) is 5.68. The van der Waals surface area contributed by atoms with Crippen LogP contribution in [0.25, 0.3) is 0 Å². The number of aromatic nitrogens is 1. The monoisotopic (exact) mass is 315 g/mol. The predicted octanol–water partition coefficient (Wildman–Crippen LogP) is 2.88. The standard InChI is InChI=1S/C10H7BrFN3OS/c11-5-1-2-6(12)7(3-5)14-9(16)8-4-17-10(13)15-8/h1-4H,(H2,13,15)(H,14,16). The topological polar surface area (TPSA) is 68.0 Å². The molecule has 7 heteroatoms. The second-order valence-corrected chi connectivity index (χ2v) is 4.95. The summed E-state index contributed by atoms with van der Waals surface area (Å²) >= 11 is 4.35. The minimum Gasteiger partial charge on any atom is -0.375 e. The van der Waals surface area contributed by atoms with Crippen LogP contribution in [0.4, 0.5) is 15.2 Å². The number of anilines is 2. The highest BCUT2D eigenvalue weighted by molar-refractivity contribution is 9.10. The zero-order valence-electron chi connectivity index (χ0n) is 8.41. The lowest BCUT2D eigenvalue weighted by Crippen LogP contribution is -2.13. The molecule has 0 aliphatic carbocycles. The van der Waals surface area contributed by atoms with Gasteiger partial charge in [0, 0.05) is 9.85 Å². The molecule has 0 saturated heterocycles. The van der Waals surface area contributed by atoms with Crippen molar-refractivity contribution in [3.63, 3.8) is 0 Å². The highest BCUT2D eigenvalue weighted by Crippen LogP contribution is 2.21. The number of thiazole rings is 1. The van der Waals surface area contributed by atoms with Gasteiger partial charge in [0.15, 0.2) is 5.13 Å². The van der Waals surface area contributed by atoms with E-state index < -0.39 is 11.7 Å². The lowest BCUT2D eigenvalue weighted by molar-refractivity contribution is 0.102. The van der Waals surface area contributed by atoms with Crippen LogP contribution < -0.4 is 11.1 Å². The molecule has 2 aromatic rings. The van der Waals surface area contributed by atoms with E-state index in [1.165, 1.54) is 17.5 Å². The Morgan fingerprint density at radius 3 is 2.94 bits per heavy atom. The number of carbonyl (C=O) groups excluding carboxylic acids is 1. The maximum Gasteiger partial charge on any atom is 0.275 e. The van der Waals surface area contributed by atoms with Gasteiger partial charge in [-0.2, -0.15) is 0 Å². The third kappa shape index (κ3) is 2.80. The molecular weight excluding hydrogens is 309 g/mol. The Morgan fingerprint density at radius 1 is 1.53 bits per heavy atom.